The zero-order valence-electron chi connectivity index (χ0n) is 10.9. The fraction of sp³-hybridized carbons (Fsp3) is 0.143. The second-order valence-electron chi connectivity index (χ2n) is 4.12. The first-order chi connectivity index (χ1) is 10.1. The van der Waals surface area contributed by atoms with Crippen LogP contribution in [0.2, 0.25) is 0 Å². The number of para-hydroxylation sites is 1. The number of hydrogen-bond acceptors (Lipinski definition) is 4. The van der Waals surface area contributed by atoms with Crippen LogP contribution < -0.4 is 10.1 Å². The minimum Gasteiger partial charge on any atom is -0.492 e. The van der Waals surface area contributed by atoms with Crippen molar-refractivity contribution in [2.75, 3.05) is 18.5 Å². The number of ether oxygens (including phenoxy) is 1. The Morgan fingerprint density at radius 1 is 1.10 bits per heavy atom. The van der Waals surface area contributed by atoms with Gasteiger partial charge in [0.15, 0.2) is 0 Å². The van der Waals surface area contributed by atoms with Gasteiger partial charge in [0, 0.05) is 27.6 Å². The molecule has 0 atom stereocenters. The van der Waals surface area contributed by atoms with Gasteiger partial charge in [-0.15, -0.1) is 0 Å². The summed E-state index contributed by atoms with van der Waals surface area (Å²) in [6.45, 7) is 1.06. The maximum atomic E-state index is 10.5. The Labute approximate surface area is 138 Å². The summed E-state index contributed by atoms with van der Waals surface area (Å²) in [6.07, 6.45) is 0. The van der Waals surface area contributed by atoms with E-state index in [1.54, 1.807) is 12.1 Å². The Morgan fingerprint density at radius 2 is 1.71 bits per heavy atom. The summed E-state index contributed by atoms with van der Waals surface area (Å²) in [5.74, 6) is 0.605. The average Bonchev–Trinajstić information content (AvgIpc) is 2.46. The van der Waals surface area contributed by atoms with E-state index in [-0.39, 0.29) is 5.69 Å². The molecule has 0 aliphatic carbocycles. The molecule has 2 rings (SSSR count). The maximum absolute atomic E-state index is 10.5. The van der Waals surface area contributed by atoms with Crippen molar-refractivity contribution in [2.24, 2.45) is 0 Å². The minimum absolute atomic E-state index is 0.0534. The number of halogens is 2. The van der Waals surface area contributed by atoms with Crippen LogP contribution >= 0.6 is 31.9 Å². The van der Waals surface area contributed by atoms with Gasteiger partial charge in [0.05, 0.1) is 10.6 Å². The standard InChI is InChI=1S/C14H12Br2N2O3/c15-12-2-1-3-13(16)14(12)17-8-9-21-11-6-4-10(5-7-11)18(19)20/h1-7,17H,8-9H2. The number of nitrogens with zero attached hydrogens (tertiary/aromatic N) is 1. The Bertz CT molecular complexity index is 612. The third-order valence-corrected chi connectivity index (χ3v) is 4.00. The zero-order chi connectivity index (χ0) is 15.2. The second kappa shape index (κ2) is 7.42. The van der Waals surface area contributed by atoms with Crippen molar-refractivity contribution in [3.8, 4) is 5.75 Å². The first-order valence-corrected chi connectivity index (χ1v) is 7.71. The van der Waals surface area contributed by atoms with Crippen LogP contribution in [0.1, 0.15) is 0 Å². The summed E-state index contributed by atoms with van der Waals surface area (Å²) < 4.78 is 7.46. The molecule has 1 N–H and O–H groups in total. The van der Waals surface area contributed by atoms with Gasteiger partial charge in [-0.05, 0) is 56.1 Å². The molecule has 21 heavy (non-hydrogen) atoms. The predicted molar refractivity (Wildman–Crippen MR) is 88.9 cm³/mol. The van der Waals surface area contributed by atoms with E-state index in [4.69, 9.17) is 4.74 Å². The minimum atomic E-state index is -0.435. The quantitative estimate of drug-likeness (QED) is 0.425. The van der Waals surface area contributed by atoms with Gasteiger partial charge in [0.1, 0.15) is 12.4 Å². The lowest BCUT2D eigenvalue weighted by atomic mass is 10.3. The number of anilines is 1. The van der Waals surface area contributed by atoms with Crippen molar-refractivity contribution in [3.05, 3.63) is 61.5 Å². The Kier molecular flexibility index (Phi) is 5.58. The predicted octanol–water partition coefficient (Wildman–Crippen LogP) is 4.61. The van der Waals surface area contributed by atoms with E-state index in [0.29, 0.717) is 18.9 Å². The highest BCUT2D eigenvalue weighted by molar-refractivity contribution is 9.11. The van der Waals surface area contributed by atoms with E-state index in [1.165, 1.54) is 12.1 Å². The van der Waals surface area contributed by atoms with Crippen molar-refractivity contribution in [1.29, 1.82) is 0 Å². The molecule has 0 heterocycles. The Hall–Kier alpha value is -1.60. The molecule has 5 nitrogen and oxygen atoms in total. The van der Waals surface area contributed by atoms with Crippen LogP contribution in [0.15, 0.2) is 51.4 Å². The largest absolute Gasteiger partial charge is 0.492 e. The van der Waals surface area contributed by atoms with Gasteiger partial charge in [-0.3, -0.25) is 10.1 Å². The number of non-ortho nitro benzene ring substituents is 1. The van der Waals surface area contributed by atoms with Crippen LogP contribution in [0.3, 0.4) is 0 Å². The van der Waals surface area contributed by atoms with Crippen molar-refractivity contribution in [2.45, 2.75) is 0 Å². The van der Waals surface area contributed by atoms with Gasteiger partial charge < -0.3 is 10.1 Å². The molecule has 0 aromatic heterocycles. The molecule has 0 saturated carbocycles. The average molecular weight is 416 g/mol. The molecule has 110 valence electrons. The van der Waals surface area contributed by atoms with E-state index in [2.05, 4.69) is 37.2 Å². The highest BCUT2D eigenvalue weighted by atomic mass is 79.9. The number of rotatable bonds is 6. The van der Waals surface area contributed by atoms with Crippen molar-refractivity contribution >= 4 is 43.2 Å². The molecule has 0 aliphatic rings. The van der Waals surface area contributed by atoms with E-state index in [9.17, 15) is 10.1 Å². The normalized spacial score (nSPS) is 10.2. The van der Waals surface area contributed by atoms with Crippen molar-refractivity contribution in [3.63, 3.8) is 0 Å². The number of nitro benzene ring substituents is 1. The molecule has 0 aliphatic heterocycles. The van der Waals surface area contributed by atoms with Crippen LogP contribution in [0.5, 0.6) is 5.75 Å². The van der Waals surface area contributed by atoms with E-state index < -0.39 is 4.92 Å². The molecule has 0 radical (unpaired) electrons. The summed E-state index contributed by atoms with van der Waals surface area (Å²) in [7, 11) is 0. The smallest absolute Gasteiger partial charge is 0.269 e. The molecule has 0 unspecified atom stereocenters. The summed E-state index contributed by atoms with van der Waals surface area (Å²) in [6, 6.07) is 11.9. The molecule has 0 bridgehead atoms. The second-order valence-corrected chi connectivity index (χ2v) is 5.83. The summed E-state index contributed by atoms with van der Waals surface area (Å²) in [5.41, 5.74) is 1.02. The highest BCUT2D eigenvalue weighted by Gasteiger charge is 2.05. The van der Waals surface area contributed by atoms with Crippen molar-refractivity contribution in [1.82, 2.24) is 0 Å². The molecule has 0 spiro atoms. The van der Waals surface area contributed by atoms with Crippen LogP contribution in [-0.2, 0) is 0 Å². The summed E-state index contributed by atoms with van der Waals surface area (Å²) in [5, 5.41) is 13.8. The fourth-order valence-corrected chi connectivity index (χ4v) is 2.95. The number of benzene rings is 2. The molecular weight excluding hydrogens is 404 g/mol. The van der Waals surface area contributed by atoms with Gasteiger partial charge in [0.25, 0.3) is 5.69 Å². The summed E-state index contributed by atoms with van der Waals surface area (Å²) >= 11 is 6.94. The maximum Gasteiger partial charge on any atom is 0.269 e. The first kappa shape index (κ1) is 15.8. The Morgan fingerprint density at radius 3 is 2.29 bits per heavy atom. The zero-order valence-corrected chi connectivity index (χ0v) is 14.1. The highest BCUT2D eigenvalue weighted by Crippen LogP contribution is 2.30. The molecule has 0 saturated heterocycles. The van der Waals surface area contributed by atoms with Crippen LogP contribution in [0.25, 0.3) is 0 Å². The summed E-state index contributed by atoms with van der Waals surface area (Å²) in [4.78, 5) is 10.1. The first-order valence-electron chi connectivity index (χ1n) is 6.13. The molecular formula is C14H12Br2N2O3. The Balaban J connectivity index is 1.83. The lowest BCUT2D eigenvalue weighted by Gasteiger charge is -2.11. The molecule has 2 aromatic rings. The topological polar surface area (TPSA) is 64.4 Å². The van der Waals surface area contributed by atoms with Gasteiger partial charge in [-0.25, -0.2) is 0 Å². The lowest BCUT2D eigenvalue weighted by molar-refractivity contribution is -0.384. The van der Waals surface area contributed by atoms with Gasteiger partial charge >= 0.3 is 0 Å². The van der Waals surface area contributed by atoms with Crippen molar-refractivity contribution < 1.29 is 9.66 Å². The molecule has 2 aromatic carbocycles. The monoisotopic (exact) mass is 414 g/mol. The number of hydrogen-bond donors (Lipinski definition) is 1. The lowest BCUT2D eigenvalue weighted by Crippen LogP contribution is -2.12. The third kappa shape index (κ3) is 4.44. The van der Waals surface area contributed by atoms with E-state index in [1.807, 2.05) is 18.2 Å². The molecule has 7 heteroatoms. The SMILES string of the molecule is O=[N+]([O-])c1ccc(OCCNc2c(Br)cccc2Br)cc1. The number of nitro groups is 1. The van der Waals surface area contributed by atoms with Crippen LogP contribution in [-0.4, -0.2) is 18.1 Å². The molecule has 0 amide bonds. The van der Waals surface area contributed by atoms with Gasteiger partial charge in [-0.2, -0.15) is 0 Å². The molecule has 0 fully saturated rings. The number of nitrogens with one attached hydrogen (secondary N) is 1. The third-order valence-electron chi connectivity index (χ3n) is 2.68. The van der Waals surface area contributed by atoms with E-state index >= 15 is 0 Å². The van der Waals surface area contributed by atoms with Crippen LogP contribution in [0.4, 0.5) is 11.4 Å². The van der Waals surface area contributed by atoms with Gasteiger partial charge in [-0.1, -0.05) is 6.07 Å². The fourth-order valence-electron chi connectivity index (χ4n) is 1.68. The van der Waals surface area contributed by atoms with Gasteiger partial charge in [0.2, 0.25) is 0 Å². The van der Waals surface area contributed by atoms with Crippen LogP contribution in [0, 0.1) is 10.1 Å². The van der Waals surface area contributed by atoms with E-state index in [0.717, 1.165) is 14.6 Å².